The lowest BCUT2D eigenvalue weighted by Gasteiger charge is -2.32. The van der Waals surface area contributed by atoms with E-state index in [0.29, 0.717) is 0 Å². The summed E-state index contributed by atoms with van der Waals surface area (Å²) in [5.41, 5.74) is 5.83. The Labute approximate surface area is 83.3 Å². The predicted molar refractivity (Wildman–Crippen MR) is 51.9 cm³/mol. The second-order valence-electron chi connectivity index (χ2n) is 3.95. The maximum Gasteiger partial charge on any atom is 0.261 e. The Morgan fingerprint density at radius 3 is 3.07 bits per heavy atom. The number of aliphatic hydroxyl groups excluding tert-OH is 1. The van der Waals surface area contributed by atoms with Gasteiger partial charge in [0.25, 0.3) is 5.91 Å². The molecular weight excluding hydrogens is 180 g/mol. The molecule has 1 aliphatic heterocycles. The summed E-state index contributed by atoms with van der Waals surface area (Å²) < 4.78 is 0. The van der Waals surface area contributed by atoms with Crippen LogP contribution in [0.4, 0.5) is 0 Å². The zero-order valence-corrected chi connectivity index (χ0v) is 8.12. The van der Waals surface area contributed by atoms with Crippen molar-refractivity contribution >= 4 is 5.91 Å². The van der Waals surface area contributed by atoms with Gasteiger partial charge < -0.3 is 5.11 Å². The van der Waals surface area contributed by atoms with Crippen LogP contribution in [-0.4, -0.2) is 17.2 Å². The summed E-state index contributed by atoms with van der Waals surface area (Å²) in [4.78, 5) is 11.5. The van der Waals surface area contributed by atoms with Crippen LogP contribution in [0, 0.1) is 5.92 Å². The van der Waals surface area contributed by atoms with E-state index in [1.807, 2.05) is 6.08 Å². The summed E-state index contributed by atoms with van der Waals surface area (Å²) in [5, 5.41) is 9.67. The van der Waals surface area contributed by atoms with E-state index in [1.165, 1.54) is 6.42 Å². The van der Waals surface area contributed by atoms with Crippen molar-refractivity contribution < 1.29 is 9.90 Å². The molecule has 0 bridgehead atoms. The summed E-state index contributed by atoms with van der Waals surface area (Å²) in [7, 11) is 0. The second kappa shape index (κ2) is 4.11. The highest BCUT2D eigenvalue weighted by Crippen LogP contribution is 2.27. The SMILES string of the molecule is O=C1NNC(O)C2CCCCC/C=C/12. The maximum atomic E-state index is 11.5. The molecule has 2 aliphatic rings. The van der Waals surface area contributed by atoms with Crippen LogP contribution in [0.2, 0.25) is 0 Å². The Kier molecular flexibility index (Phi) is 2.84. The molecule has 1 aliphatic carbocycles. The van der Waals surface area contributed by atoms with Gasteiger partial charge in [0.1, 0.15) is 6.23 Å². The monoisotopic (exact) mass is 196 g/mol. The van der Waals surface area contributed by atoms with Gasteiger partial charge in [0.15, 0.2) is 0 Å². The fourth-order valence-electron chi connectivity index (χ4n) is 2.15. The van der Waals surface area contributed by atoms with E-state index in [2.05, 4.69) is 10.9 Å². The van der Waals surface area contributed by atoms with Gasteiger partial charge >= 0.3 is 0 Å². The van der Waals surface area contributed by atoms with Crippen molar-refractivity contribution in [2.75, 3.05) is 0 Å². The third-order valence-corrected chi connectivity index (χ3v) is 2.96. The number of fused-ring (bicyclic) bond motifs is 1. The molecule has 0 aromatic carbocycles. The molecule has 0 aromatic heterocycles. The highest BCUT2D eigenvalue weighted by molar-refractivity contribution is 5.94. The van der Waals surface area contributed by atoms with E-state index in [0.717, 1.165) is 31.3 Å². The van der Waals surface area contributed by atoms with E-state index in [-0.39, 0.29) is 11.8 Å². The third kappa shape index (κ3) is 1.81. The first-order valence-corrected chi connectivity index (χ1v) is 5.23. The van der Waals surface area contributed by atoms with Crippen molar-refractivity contribution in [3.8, 4) is 0 Å². The lowest BCUT2D eigenvalue weighted by Crippen LogP contribution is -2.55. The Morgan fingerprint density at radius 2 is 2.21 bits per heavy atom. The molecule has 0 radical (unpaired) electrons. The van der Waals surface area contributed by atoms with Gasteiger partial charge in [-0.3, -0.25) is 10.2 Å². The van der Waals surface area contributed by atoms with Crippen molar-refractivity contribution in [3.05, 3.63) is 11.6 Å². The highest BCUT2D eigenvalue weighted by atomic mass is 16.3. The number of amides is 1. The number of aliphatic hydroxyl groups is 1. The van der Waals surface area contributed by atoms with Crippen LogP contribution in [-0.2, 0) is 4.79 Å². The number of nitrogens with one attached hydrogen (secondary N) is 2. The largest absolute Gasteiger partial charge is 0.376 e. The average Bonchev–Trinajstić information content (AvgIpc) is 2.11. The number of hydrazine groups is 1. The average molecular weight is 196 g/mol. The Bertz CT molecular complexity index is 263. The zero-order chi connectivity index (χ0) is 9.97. The highest BCUT2D eigenvalue weighted by Gasteiger charge is 2.32. The van der Waals surface area contributed by atoms with Crippen molar-refractivity contribution in [1.82, 2.24) is 10.9 Å². The minimum atomic E-state index is -0.628. The molecule has 0 aromatic rings. The zero-order valence-electron chi connectivity index (χ0n) is 8.12. The summed E-state index contributed by atoms with van der Waals surface area (Å²) in [6, 6.07) is 0. The number of hydrogen-bond acceptors (Lipinski definition) is 3. The third-order valence-electron chi connectivity index (χ3n) is 2.96. The van der Waals surface area contributed by atoms with Crippen molar-refractivity contribution in [3.63, 3.8) is 0 Å². The molecular formula is C10H16N2O2. The van der Waals surface area contributed by atoms with Gasteiger partial charge in [0.05, 0.1) is 0 Å². The first-order valence-electron chi connectivity index (χ1n) is 5.23. The van der Waals surface area contributed by atoms with Crippen molar-refractivity contribution in [1.29, 1.82) is 0 Å². The molecule has 4 nitrogen and oxygen atoms in total. The summed E-state index contributed by atoms with van der Waals surface area (Å²) >= 11 is 0. The van der Waals surface area contributed by atoms with Crippen LogP contribution < -0.4 is 10.9 Å². The van der Waals surface area contributed by atoms with Gasteiger partial charge in [0.2, 0.25) is 0 Å². The molecule has 2 unspecified atom stereocenters. The Morgan fingerprint density at radius 1 is 1.36 bits per heavy atom. The lowest BCUT2D eigenvalue weighted by atomic mass is 9.86. The van der Waals surface area contributed by atoms with Crippen LogP contribution in [0.25, 0.3) is 0 Å². The molecule has 1 fully saturated rings. The molecule has 1 heterocycles. The number of carbonyl (C=O) groups is 1. The number of rotatable bonds is 0. The van der Waals surface area contributed by atoms with Gasteiger partial charge in [0, 0.05) is 11.5 Å². The van der Waals surface area contributed by atoms with Crippen molar-refractivity contribution in [2.45, 2.75) is 38.3 Å². The summed E-state index contributed by atoms with van der Waals surface area (Å²) in [6.07, 6.45) is 6.62. The van der Waals surface area contributed by atoms with Crippen molar-refractivity contribution in [2.24, 2.45) is 5.92 Å². The van der Waals surface area contributed by atoms with E-state index in [1.54, 1.807) is 0 Å². The van der Waals surface area contributed by atoms with Gasteiger partial charge in [-0.15, -0.1) is 0 Å². The molecule has 4 heteroatoms. The molecule has 1 saturated heterocycles. The first-order chi connectivity index (χ1) is 6.79. The smallest absolute Gasteiger partial charge is 0.261 e. The normalized spacial score (nSPS) is 37.2. The molecule has 3 N–H and O–H groups in total. The van der Waals surface area contributed by atoms with E-state index in [9.17, 15) is 9.90 Å². The quantitative estimate of drug-likeness (QED) is 0.527. The van der Waals surface area contributed by atoms with Gasteiger partial charge in [-0.05, 0) is 19.3 Å². The fraction of sp³-hybridized carbons (Fsp3) is 0.700. The van der Waals surface area contributed by atoms with Crippen LogP contribution in [0.5, 0.6) is 0 Å². The minimum Gasteiger partial charge on any atom is -0.376 e. The molecule has 0 saturated carbocycles. The fourth-order valence-corrected chi connectivity index (χ4v) is 2.15. The lowest BCUT2D eigenvalue weighted by molar-refractivity contribution is -0.124. The maximum absolute atomic E-state index is 11.5. The first kappa shape index (κ1) is 9.68. The molecule has 2 atom stereocenters. The van der Waals surface area contributed by atoms with Crippen LogP contribution in [0.15, 0.2) is 11.6 Å². The standard InChI is InChI=1S/C10H16N2O2/c13-9-7-5-3-1-2-4-6-8(7)10(14)12-11-9/h5,8,10,12,14H,1-4,6H2,(H,11,13)/b7-5+. The van der Waals surface area contributed by atoms with Gasteiger partial charge in [-0.2, -0.15) is 0 Å². The Balaban J connectivity index is 2.20. The summed E-state index contributed by atoms with van der Waals surface area (Å²) in [6.45, 7) is 0. The number of hydrogen-bond donors (Lipinski definition) is 3. The van der Waals surface area contributed by atoms with Crippen LogP contribution in [0.3, 0.4) is 0 Å². The van der Waals surface area contributed by atoms with E-state index < -0.39 is 6.23 Å². The number of carbonyl (C=O) groups excluding carboxylic acids is 1. The molecule has 0 spiro atoms. The topological polar surface area (TPSA) is 61.4 Å². The van der Waals surface area contributed by atoms with E-state index >= 15 is 0 Å². The molecule has 14 heavy (non-hydrogen) atoms. The number of allylic oxidation sites excluding steroid dienone is 1. The molecule has 2 rings (SSSR count). The minimum absolute atomic E-state index is 0.0240. The van der Waals surface area contributed by atoms with Gasteiger partial charge in [-0.25, -0.2) is 5.43 Å². The van der Waals surface area contributed by atoms with Gasteiger partial charge in [-0.1, -0.05) is 18.9 Å². The van der Waals surface area contributed by atoms with Crippen LogP contribution in [0.1, 0.15) is 32.1 Å². The predicted octanol–water partition coefficient (Wildman–Crippen LogP) is 0.446. The molecule has 78 valence electrons. The summed E-state index contributed by atoms with van der Waals surface area (Å²) in [5.74, 6) is -0.105. The van der Waals surface area contributed by atoms with E-state index in [4.69, 9.17) is 0 Å². The molecule has 1 amide bonds. The second-order valence-corrected chi connectivity index (χ2v) is 3.95. The Hall–Kier alpha value is -0.870. The van der Waals surface area contributed by atoms with Crippen LogP contribution >= 0.6 is 0 Å².